The van der Waals surface area contributed by atoms with Crippen molar-refractivity contribution in [3.8, 4) is 5.69 Å². The molecule has 0 bridgehead atoms. The zero-order valence-electron chi connectivity index (χ0n) is 17.3. The monoisotopic (exact) mass is 452 g/mol. The van der Waals surface area contributed by atoms with Crippen molar-refractivity contribution in [3.63, 3.8) is 0 Å². The van der Waals surface area contributed by atoms with Gasteiger partial charge in [0.05, 0.1) is 35.8 Å². The van der Waals surface area contributed by atoms with E-state index in [0.29, 0.717) is 28.1 Å². The van der Waals surface area contributed by atoms with Crippen molar-refractivity contribution >= 4 is 38.3 Å². The lowest BCUT2D eigenvalue weighted by Gasteiger charge is -2.23. The molecule has 11 heteroatoms. The van der Waals surface area contributed by atoms with Crippen LogP contribution in [0.1, 0.15) is 5.56 Å². The smallest absolute Gasteiger partial charge is 0.261 e. The van der Waals surface area contributed by atoms with Crippen LogP contribution in [0.5, 0.6) is 0 Å². The SMILES string of the molecule is Cc1ccccc1N(CC(=O)Nc1ccccc1-n1ncc2c(=O)[nH]cnc21)S(C)(=O)=O. The third kappa shape index (κ3) is 4.10. The minimum Gasteiger partial charge on any atom is -0.323 e. The maximum absolute atomic E-state index is 12.9. The third-order valence-corrected chi connectivity index (χ3v) is 5.98. The summed E-state index contributed by atoms with van der Waals surface area (Å²) in [6, 6.07) is 13.8. The number of nitrogens with zero attached hydrogens (tertiary/aromatic N) is 4. The van der Waals surface area contributed by atoms with Gasteiger partial charge in [-0.15, -0.1) is 0 Å². The Balaban J connectivity index is 1.66. The fourth-order valence-corrected chi connectivity index (χ4v) is 4.25. The number of hydrogen-bond donors (Lipinski definition) is 2. The first-order valence-corrected chi connectivity index (χ1v) is 11.4. The van der Waals surface area contributed by atoms with Crippen molar-refractivity contribution in [2.75, 3.05) is 22.4 Å². The molecule has 2 aromatic heterocycles. The Morgan fingerprint density at radius 1 is 1.16 bits per heavy atom. The lowest BCUT2D eigenvalue weighted by atomic mass is 10.2. The van der Waals surface area contributed by atoms with E-state index in [1.807, 2.05) is 0 Å². The van der Waals surface area contributed by atoms with Gasteiger partial charge in [0.2, 0.25) is 15.9 Å². The second-order valence-electron chi connectivity index (χ2n) is 7.15. The van der Waals surface area contributed by atoms with Gasteiger partial charge >= 0.3 is 0 Å². The van der Waals surface area contributed by atoms with Crippen molar-refractivity contribution in [1.82, 2.24) is 19.7 Å². The number of hydrogen-bond acceptors (Lipinski definition) is 6. The van der Waals surface area contributed by atoms with Crippen LogP contribution < -0.4 is 15.2 Å². The average Bonchev–Trinajstić information content (AvgIpc) is 3.18. The Kier molecular flexibility index (Phi) is 5.49. The van der Waals surface area contributed by atoms with E-state index >= 15 is 0 Å². The number of H-pyrrole nitrogens is 1. The van der Waals surface area contributed by atoms with Crippen LogP contribution in [0.2, 0.25) is 0 Å². The number of benzene rings is 2. The maximum atomic E-state index is 12.9. The number of aromatic amines is 1. The maximum Gasteiger partial charge on any atom is 0.261 e. The lowest BCUT2D eigenvalue weighted by Crippen LogP contribution is -2.38. The van der Waals surface area contributed by atoms with Crippen LogP contribution in [0.15, 0.2) is 65.8 Å². The highest BCUT2D eigenvalue weighted by molar-refractivity contribution is 7.92. The molecule has 10 nitrogen and oxygen atoms in total. The summed E-state index contributed by atoms with van der Waals surface area (Å²) in [4.78, 5) is 31.5. The standard InChI is InChI=1S/C21H20N6O4S/c1-14-7-3-5-9-17(14)26(32(2,30)31)12-19(28)25-16-8-4-6-10-18(16)27-20-15(11-24-27)21(29)23-13-22-20/h3-11,13H,12H2,1-2H3,(H,25,28)(H,22,23,29). The van der Waals surface area contributed by atoms with Gasteiger partial charge in [0.25, 0.3) is 5.56 Å². The topological polar surface area (TPSA) is 130 Å². The van der Waals surface area contributed by atoms with Gasteiger partial charge in [-0.25, -0.2) is 18.1 Å². The molecule has 0 atom stereocenters. The van der Waals surface area contributed by atoms with Crippen LogP contribution in [-0.2, 0) is 14.8 Å². The summed E-state index contributed by atoms with van der Waals surface area (Å²) >= 11 is 0. The van der Waals surface area contributed by atoms with Gasteiger partial charge in [-0.3, -0.25) is 13.9 Å². The molecule has 2 N–H and O–H groups in total. The molecule has 0 aliphatic heterocycles. The first-order chi connectivity index (χ1) is 15.3. The van der Waals surface area contributed by atoms with Gasteiger partial charge in [-0.05, 0) is 30.7 Å². The third-order valence-electron chi connectivity index (χ3n) is 4.85. The molecule has 164 valence electrons. The Hall–Kier alpha value is -3.99. The number of nitrogens with one attached hydrogen (secondary N) is 2. The van der Waals surface area contributed by atoms with Crippen LogP contribution in [0.4, 0.5) is 11.4 Å². The Bertz CT molecular complexity index is 1470. The summed E-state index contributed by atoms with van der Waals surface area (Å²) in [5.41, 5.74) is 2.03. The molecule has 1 amide bonds. The predicted molar refractivity (Wildman–Crippen MR) is 121 cm³/mol. The van der Waals surface area contributed by atoms with E-state index in [2.05, 4.69) is 20.4 Å². The fraction of sp³-hybridized carbons (Fsp3) is 0.143. The molecule has 0 unspecified atom stereocenters. The number of carbonyl (C=O) groups is 1. The molecule has 0 fully saturated rings. The number of rotatable bonds is 6. The molecular formula is C21H20N6O4S. The number of anilines is 2. The van der Waals surface area contributed by atoms with Gasteiger partial charge in [0, 0.05) is 0 Å². The van der Waals surface area contributed by atoms with E-state index in [9.17, 15) is 18.0 Å². The van der Waals surface area contributed by atoms with Crippen molar-refractivity contribution < 1.29 is 13.2 Å². The van der Waals surface area contributed by atoms with E-state index in [1.165, 1.54) is 17.2 Å². The van der Waals surface area contributed by atoms with E-state index in [-0.39, 0.29) is 5.56 Å². The Morgan fingerprint density at radius 2 is 1.88 bits per heavy atom. The van der Waals surface area contributed by atoms with E-state index in [1.54, 1.807) is 55.5 Å². The fourth-order valence-electron chi connectivity index (χ4n) is 3.34. The van der Waals surface area contributed by atoms with Crippen LogP contribution in [0.25, 0.3) is 16.7 Å². The molecular weight excluding hydrogens is 432 g/mol. The molecule has 0 saturated heterocycles. The van der Waals surface area contributed by atoms with Crippen molar-refractivity contribution in [2.45, 2.75) is 6.92 Å². The van der Waals surface area contributed by atoms with Gasteiger partial charge in [-0.1, -0.05) is 30.3 Å². The van der Waals surface area contributed by atoms with Crippen LogP contribution in [0.3, 0.4) is 0 Å². The van der Waals surface area contributed by atoms with Crippen LogP contribution in [0, 0.1) is 6.92 Å². The average molecular weight is 452 g/mol. The number of para-hydroxylation sites is 3. The molecule has 2 aromatic carbocycles. The molecule has 0 spiro atoms. The van der Waals surface area contributed by atoms with Crippen molar-refractivity contribution in [2.24, 2.45) is 0 Å². The summed E-state index contributed by atoms with van der Waals surface area (Å²) in [6.07, 6.45) is 3.72. The first-order valence-electron chi connectivity index (χ1n) is 9.60. The Morgan fingerprint density at radius 3 is 2.62 bits per heavy atom. The Labute approximate surface area is 183 Å². The largest absolute Gasteiger partial charge is 0.323 e. The molecule has 4 aromatic rings. The zero-order chi connectivity index (χ0) is 22.9. The number of aryl methyl sites for hydroxylation is 1. The minimum absolute atomic E-state index is 0.302. The number of aromatic nitrogens is 4. The van der Waals surface area contributed by atoms with Crippen molar-refractivity contribution in [1.29, 1.82) is 0 Å². The number of fused-ring (bicyclic) bond motifs is 1. The highest BCUT2D eigenvalue weighted by Crippen LogP contribution is 2.24. The quantitative estimate of drug-likeness (QED) is 0.459. The normalized spacial score (nSPS) is 11.4. The molecule has 0 radical (unpaired) electrons. The van der Waals surface area contributed by atoms with Gasteiger partial charge < -0.3 is 10.3 Å². The zero-order valence-corrected chi connectivity index (χ0v) is 18.1. The number of carbonyl (C=O) groups excluding carboxylic acids is 1. The van der Waals surface area contributed by atoms with Crippen molar-refractivity contribution in [3.05, 3.63) is 77.0 Å². The summed E-state index contributed by atoms with van der Waals surface area (Å²) in [5, 5.41) is 7.28. The summed E-state index contributed by atoms with van der Waals surface area (Å²) in [7, 11) is -3.71. The van der Waals surface area contributed by atoms with Crippen LogP contribution in [-0.4, -0.2) is 46.9 Å². The second-order valence-corrected chi connectivity index (χ2v) is 9.05. The molecule has 0 aliphatic carbocycles. The number of amides is 1. The highest BCUT2D eigenvalue weighted by Gasteiger charge is 2.23. The van der Waals surface area contributed by atoms with Gasteiger partial charge in [0.1, 0.15) is 11.9 Å². The van der Waals surface area contributed by atoms with Gasteiger partial charge in [-0.2, -0.15) is 5.10 Å². The predicted octanol–water partition coefficient (Wildman–Crippen LogP) is 1.82. The molecule has 4 rings (SSSR count). The first kappa shape index (κ1) is 21.2. The van der Waals surface area contributed by atoms with E-state index in [4.69, 9.17) is 0 Å². The lowest BCUT2D eigenvalue weighted by molar-refractivity contribution is -0.114. The van der Waals surface area contributed by atoms with Gasteiger partial charge in [0.15, 0.2) is 5.65 Å². The highest BCUT2D eigenvalue weighted by atomic mass is 32.2. The molecule has 0 aliphatic rings. The molecule has 0 saturated carbocycles. The van der Waals surface area contributed by atoms with Crippen LogP contribution >= 0.6 is 0 Å². The van der Waals surface area contributed by atoms with E-state index < -0.39 is 22.5 Å². The molecule has 32 heavy (non-hydrogen) atoms. The summed E-state index contributed by atoms with van der Waals surface area (Å²) < 4.78 is 27.3. The number of sulfonamides is 1. The summed E-state index contributed by atoms with van der Waals surface area (Å²) in [5.74, 6) is -0.534. The van der Waals surface area contributed by atoms with E-state index in [0.717, 1.165) is 16.1 Å². The second kappa shape index (κ2) is 8.27. The summed E-state index contributed by atoms with van der Waals surface area (Å²) in [6.45, 7) is 1.37. The minimum atomic E-state index is -3.71. The molecule has 2 heterocycles.